The number of thiazole rings is 1. The molecule has 0 fully saturated rings. The van der Waals surface area contributed by atoms with Crippen molar-refractivity contribution < 1.29 is 0 Å². The van der Waals surface area contributed by atoms with Crippen molar-refractivity contribution in [2.75, 3.05) is 0 Å². The third-order valence-corrected chi connectivity index (χ3v) is 6.39. The molecule has 2 aromatic heterocycles. The van der Waals surface area contributed by atoms with E-state index < -0.39 is 0 Å². The van der Waals surface area contributed by atoms with Gasteiger partial charge < -0.3 is 0 Å². The highest BCUT2D eigenvalue weighted by molar-refractivity contribution is 7.98. The molecule has 6 heteroatoms. The van der Waals surface area contributed by atoms with Crippen LogP contribution in [0.2, 0.25) is 5.02 Å². The van der Waals surface area contributed by atoms with Gasteiger partial charge in [-0.2, -0.15) is 0 Å². The van der Waals surface area contributed by atoms with Gasteiger partial charge in [-0.1, -0.05) is 71.4 Å². The number of thioether (sulfide) groups is 1. The van der Waals surface area contributed by atoms with Gasteiger partial charge in [0.25, 0.3) is 0 Å². The lowest BCUT2D eigenvalue weighted by Crippen LogP contribution is -1.93. The Labute approximate surface area is 165 Å². The van der Waals surface area contributed by atoms with E-state index in [0.717, 1.165) is 47.8 Å². The molecule has 0 bridgehead atoms. The first-order valence-electron chi connectivity index (χ1n) is 8.19. The monoisotopic (exact) mass is 397 g/mol. The second-order valence-corrected chi connectivity index (χ2v) is 8.58. The second kappa shape index (κ2) is 7.35. The van der Waals surface area contributed by atoms with Crippen LogP contribution >= 0.6 is 34.7 Å². The summed E-state index contributed by atoms with van der Waals surface area (Å²) < 4.78 is 1.09. The van der Waals surface area contributed by atoms with Crippen LogP contribution in [0.25, 0.3) is 21.5 Å². The highest BCUT2D eigenvalue weighted by Crippen LogP contribution is 2.36. The Kier molecular flexibility index (Phi) is 4.94. The average molecular weight is 398 g/mol. The molecular weight excluding hydrogens is 382 g/mol. The van der Waals surface area contributed by atoms with Crippen LogP contribution in [0.5, 0.6) is 0 Å². The molecule has 0 aliphatic heterocycles. The third-order valence-electron chi connectivity index (χ3n) is 4.04. The van der Waals surface area contributed by atoms with Gasteiger partial charge in [-0.15, -0.1) is 21.5 Å². The fraction of sp³-hybridized carbons (Fsp3) is 0.150. The maximum atomic E-state index is 6.27. The molecule has 0 unspecified atom stereocenters. The minimum absolute atomic E-state index is 0.740. The Morgan fingerprint density at radius 2 is 1.77 bits per heavy atom. The van der Waals surface area contributed by atoms with E-state index in [1.807, 2.05) is 31.2 Å². The summed E-state index contributed by atoms with van der Waals surface area (Å²) in [5, 5.41) is 11.6. The van der Waals surface area contributed by atoms with E-state index in [0.29, 0.717) is 0 Å². The molecule has 0 N–H and O–H groups in total. The van der Waals surface area contributed by atoms with Crippen LogP contribution in [0, 0.1) is 13.8 Å². The zero-order chi connectivity index (χ0) is 18.1. The summed E-state index contributed by atoms with van der Waals surface area (Å²) in [6.45, 7) is 4.10. The normalized spacial score (nSPS) is 11.2. The molecule has 130 valence electrons. The zero-order valence-electron chi connectivity index (χ0n) is 14.4. The molecule has 0 radical (unpaired) electrons. The molecule has 0 aliphatic rings. The van der Waals surface area contributed by atoms with E-state index in [1.165, 1.54) is 5.56 Å². The highest BCUT2D eigenvalue weighted by Gasteiger charge is 2.16. The van der Waals surface area contributed by atoms with Gasteiger partial charge >= 0.3 is 0 Å². The first-order valence-corrected chi connectivity index (χ1v) is 10.4. The van der Waals surface area contributed by atoms with E-state index in [9.17, 15) is 0 Å². The van der Waals surface area contributed by atoms with Gasteiger partial charge in [-0.3, -0.25) is 0 Å². The fourth-order valence-electron chi connectivity index (χ4n) is 2.68. The SMILES string of the molecule is Cc1ccc(-c2nnc(SCc3ccccc3Cl)c3nc(C)sc23)cc1. The number of nitrogens with zero attached hydrogens (tertiary/aromatic N) is 3. The molecule has 26 heavy (non-hydrogen) atoms. The summed E-state index contributed by atoms with van der Waals surface area (Å²) in [6.07, 6.45) is 0. The molecule has 0 saturated carbocycles. The third kappa shape index (κ3) is 3.47. The molecule has 0 amide bonds. The van der Waals surface area contributed by atoms with Crippen LogP contribution < -0.4 is 0 Å². The minimum atomic E-state index is 0.740. The maximum absolute atomic E-state index is 6.27. The summed E-state index contributed by atoms with van der Waals surface area (Å²) in [7, 11) is 0. The number of hydrogen-bond donors (Lipinski definition) is 0. The number of rotatable bonds is 4. The van der Waals surface area contributed by atoms with Crippen LogP contribution in [0.3, 0.4) is 0 Å². The average Bonchev–Trinajstić information content (AvgIpc) is 3.03. The van der Waals surface area contributed by atoms with Crippen molar-refractivity contribution in [2.45, 2.75) is 24.6 Å². The summed E-state index contributed by atoms with van der Waals surface area (Å²) in [4.78, 5) is 4.71. The Morgan fingerprint density at radius 3 is 2.54 bits per heavy atom. The number of aromatic nitrogens is 3. The molecule has 0 aliphatic carbocycles. The van der Waals surface area contributed by atoms with Crippen LogP contribution in [0.1, 0.15) is 16.1 Å². The number of hydrogen-bond acceptors (Lipinski definition) is 5. The predicted molar refractivity (Wildman–Crippen MR) is 111 cm³/mol. The van der Waals surface area contributed by atoms with E-state index in [-0.39, 0.29) is 0 Å². The quantitative estimate of drug-likeness (QED) is 0.378. The van der Waals surface area contributed by atoms with Crippen molar-refractivity contribution in [1.29, 1.82) is 0 Å². The summed E-state index contributed by atoms with van der Waals surface area (Å²) >= 11 is 9.55. The Hall–Kier alpha value is -1.95. The largest absolute Gasteiger partial charge is 0.238 e. The molecular formula is C20H16ClN3S2. The van der Waals surface area contributed by atoms with Gasteiger partial charge in [0.1, 0.15) is 16.2 Å². The lowest BCUT2D eigenvalue weighted by atomic mass is 10.1. The Morgan fingerprint density at radius 1 is 1.00 bits per heavy atom. The number of aryl methyl sites for hydroxylation is 2. The molecule has 3 nitrogen and oxygen atoms in total. The Balaban J connectivity index is 1.72. The van der Waals surface area contributed by atoms with E-state index in [1.54, 1.807) is 23.1 Å². The molecule has 2 aromatic carbocycles. The maximum Gasteiger partial charge on any atom is 0.146 e. The second-order valence-electron chi connectivity index (χ2n) is 6.01. The number of benzene rings is 2. The highest BCUT2D eigenvalue weighted by atomic mass is 35.5. The molecule has 4 rings (SSSR count). The van der Waals surface area contributed by atoms with Crippen molar-refractivity contribution in [1.82, 2.24) is 15.2 Å². The molecule has 0 atom stereocenters. The van der Waals surface area contributed by atoms with Crippen molar-refractivity contribution in [3.63, 3.8) is 0 Å². The first-order chi connectivity index (χ1) is 12.6. The minimum Gasteiger partial charge on any atom is -0.238 e. The molecule has 0 spiro atoms. The van der Waals surface area contributed by atoms with Crippen LogP contribution in [0.15, 0.2) is 53.6 Å². The zero-order valence-corrected chi connectivity index (χ0v) is 16.8. The summed E-state index contributed by atoms with van der Waals surface area (Å²) in [6, 6.07) is 16.2. The number of fused-ring (bicyclic) bond motifs is 1. The smallest absolute Gasteiger partial charge is 0.146 e. The number of halogens is 1. The van der Waals surface area contributed by atoms with Crippen molar-refractivity contribution in [3.05, 3.63) is 69.7 Å². The topological polar surface area (TPSA) is 38.7 Å². The van der Waals surface area contributed by atoms with Gasteiger partial charge in [0.2, 0.25) is 0 Å². The molecule has 4 aromatic rings. The summed E-state index contributed by atoms with van der Waals surface area (Å²) in [5.74, 6) is 0.740. The lowest BCUT2D eigenvalue weighted by Gasteiger charge is -2.06. The van der Waals surface area contributed by atoms with E-state index in [2.05, 4.69) is 41.4 Å². The lowest BCUT2D eigenvalue weighted by molar-refractivity contribution is 0.955. The van der Waals surface area contributed by atoms with E-state index >= 15 is 0 Å². The molecule has 0 saturated heterocycles. The van der Waals surface area contributed by atoms with Gasteiger partial charge in [0.05, 0.1) is 9.71 Å². The summed E-state index contributed by atoms with van der Waals surface area (Å²) in [5.41, 5.74) is 5.20. The van der Waals surface area contributed by atoms with Crippen molar-refractivity contribution in [3.8, 4) is 11.3 Å². The van der Waals surface area contributed by atoms with Gasteiger partial charge in [0, 0.05) is 16.3 Å². The standard InChI is InChI=1S/C20H16ClN3S2/c1-12-7-9-14(10-8-12)17-19-18(22-13(2)26-19)20(24-23-17)25-11-15-5-3-4-6-16(15)21/h3-10H,11H2,1-2H3. The van der Waals surface area contributed by atoms with Crippen molar-refractivity contribution >= 4 is 44.9 Å². The molecule has 2 heterocycles. The van der Waals surface area contributed by atoms with Crippen LogP contribution in [0.4, 0.5) is 0 Å². The predicted octanol–water partition coefficient (Wildman–Crippen LogP) is 6.32. The van der Waals surface area contributed by atoms with E-state index in [4.69, 9.17) is 16.6 Å². The van der Waals surface area contributed by atoms with Crippen LogP contribution in [-0.2, 0) is 5.75 Å². The fourth-order valence-corrected chi connectivity index (χ4v) is 4.88. The first kappa shape index (κ1) is 17.5. The van der Waals surface area contributed by atoms with Gasteiger partial charge in [-0.05, 0) is 25.5 Å². The van der Waals surface area contributed by atoms with Crippen LogP contribution in [-0.4, -0.2) is 15.2 Å². The van der Waals surface area contributed by atoms with Gasteiger partial charge in [0.15, 0.2) is 0 Å². The Bertz CT molecular complexity index is 1070. The van der Waals surface area contributed by atoms with Gasteiger partial charge in [-0.25, -0.2) is 4.98 Å². The van der Waals surface area contributed by atoms with Crippen molar-refractivity contribution in [2.24, 2.45) is 0 Å².